The molecular weight excluding hydrogens is 380 g/mol. The number of rotatable bonds is 7. The Morgan fingerprint density at radius 2 is 1.93 bits per heavy atom. The quantitative estimate of drug-likeness (QED) is 0.591. The topological polar surface area (TPSA) is 68.3 Å². The number of fused-ring (bicyclic) bond motifs is 1. The highest BCUT2D eigenvalue weighted by Gasteiger charge is 2.09. The number of nitrogens with one attached hydrogen (secondary N) is 1. The first kappa shape index (κ1) is 19.4. The van der Waals surface area contributed by atoms with Crippen LogP contribution in [-0.2, 0) is 14.3 Å². The molecule has 7 heteroatoms. The van der Waals surface area contributed by atoms with Gasteiger partial charge in [-0.3, -0.25) is 9.59 Å². The van der Waals surface area contributed by atoms with Crippen LogP contribution in [0.1, 0.15) is 12.5 Å². The number of hydrogen-bond acceptors (Lipinski definition) is 6. The maximum Gasteiger partial charge on any atom is 0.315 e. The van der Waals surface area contributed by atoms with E-state index >= 15 is 0 Å². The van der Waals surface area contributed by atoms with Gasteiger partial charge in [-0.1, -0.05) is 6.07 Å². The third-order valence-electron chi connectivity index (χ3n) is 3.72. The Kier molecular flexibility index (Phi) is 6.47. The van der Waals surface area contributed by atoms with Crippen LogP contribution in [0.2, 0.25) is 0 Å². The molecule has 1 heterocycles. The predicted octanol–water partition coefficient (Wildman–Crippen LogP) is 4.51. The minimum atomic E-state index is -0.300. The van der Waals surface area contributed by atoms with Crippen molar-refractivity contribution in [2.24, 2.45) is 0 Å². The van der Waals surface area contributed by atoms with Gasteiger partial charge in [0.05, 0.1) is 28.3 Å². The summed E-state index contributed by atoms with van der Waals surface area (Å²) < 4.78 is 6.00. The first-order valence-electron chi connectivity index (χ1n) is 8.56. The van der Waals surface area contributed by atoms with Gasteiger partial charge >= 0.3 is 5.97 Å². The van der Waals surface area contributed by atoms with Crippen LogP contribution in [0.3, 0.4) is 0 Å². The van der Waals surface area contributed by atoms with Crippen LogP contribution >= 0.6 is 23.1 Å². The summed E-state index contributed by atoms with van der Waals surface area (Å²) in [4.78, 5) is 27.9. The number of hydrogen-bond donors (Lipinski definition) is 1. The van der Waals surface area contributed by atoms with Gasteiger partial charge in [0.2, 0.25) is 5.91 Å². The molecule has 3 aromatic rings. The number of carbonyl (C=O) groups excluding carboxylic acids is 2. The number of esters is 1. The van der Waals surface area contributed by atoms with Crippen LogP contribution in [0, 0.1) is 6.92 Å². The molecule has 0 fully saturated rings. The molecule has 0 radical (unpaired) electrons. The average molecular weight is 401 g/mol. The van der Waals surface area contributed by atoms with Crippen molar-refractivity contribution >= 4 is 50.9 Å². The Morgan fingerprint density at radius 3 is 2.67 bits per heavy atom. The number of carbonyl (C=O) groups is 2. The van der Waals surface area contributed by atoms with Gasteiger partial charge in [-0.25, -0.2) is 4.98 Å². The van der Waals surface area contributed by atoms with Crippen molar-refractivity contribution in [1.82, 2.24) is 4.98 Å². The van der Waals surface area contributed by atoms with E-state index < -0.39 is 0 Å². The maximum atomic E-state index is 12.0. The van der Waals surface area contributed by atoms with Crippen LogP contribution in [0.15, 0.2) is 42.5 Å². The normalized spacial score (nSPS) is 10.7. The predicted molar refractivity (Wildman–Crippen MR) is 112 cm³/mol. The van der Waals surface area contributed by atoms with E-state index in [4.69, 9.17) is 4.74 Å². The van der Waals surface area contributed by atoms with Gasteiger partial charge in [0.15, 0.2) is 0 Å². The van der Waals surface area contributed by atoms with Crippen LogP contribution in [-0.4, -0.2) is 35.0 Å². The lowest BCUT2D eigenvalue weighted by Gasteiger charge is -2.06. The molecule has 0 saturated heterocycles. The second kappa shape index (κ2) is 9.01. The number of ether oxygens (including phenoxy) is 1. The fraction of sp³-hybridized carbons (Fsp3) is 0.250. The molecule has 5 nitrogen and oxygen atoms in total. The van der Waals surface area contributed by atoms with Crippen molar-refractivity contribution in [1.29, 1.82) is 0 Å². The third kappa shape index (κ3) is 5.30. The van der Waals surface area contributed by atoms with E-state index in [1.54, 1.807) is 18.3 Å². The maximum absolute atomic E-state index is 12.0. The number of nitrogens with zero attached hydrogens (tertiary/aromatic N) is 1. The van der Waals surface area contributed by atoms with Gasteiger partial charge < -0.3 is 10.1 Å². The van der Waals surface area contributed by atoms with E-state index in [0.29, 0.717) is 6.61 Å². The summed E-state index contributed by atoms with van der Waals surface area (Å²) in [6.45, 7) is 4.18. The Hall–Kier alpha value is -2.38. The van der Waals surface area contributed by atoms with Crippen molar-refractivity contribution < 1.29 is 14.3 Å². The van der Waals surface area contributed by atoms with Gasteiger partial charge in [-0.05, 0) is 55.8 Å². The second-order valence-corrected chi connectivity index (χ2v) is 7.93. The zero-order valence-corrected chi connectivity index (χ0v) is 16.8. The highest BCUT2D eigenvalue weighted by molar-refractivity contribution is 8.00. The molecule has 0 saturated carbocycles. The number of anilines is 1. The Morgan fingerprint density at radius 1 is 1.15 bits per heavy atom. The largest absolute Gasteiger partial charge is 0.465 e. The molecule has 3 rings (SSSR count). The van der Waals surface area contributed by atoms with E-state index in [1.165, 1.54) is 22.0 Å². The van der Waals surface area contributed by atoms with Crippen molar-refractivity contribution in [2.45, 2.75) is 13.8 Å². The highest BCUT2D eigenvalue weighted by Crippen LogP contribution is 2.31. The summed E-state index contributed by atoms with van der Waals surface area (Å²) in [6.07, 6.45) is 0. The summed E-state index contributed by atoms with van der Waals surface area (Å²) >= 11 is 2.89. The van der Waals surface area contributed by atoms with Crippen molar-refractivity contribution in [3.05, 3.63) is 48.0 Å². The molecule has 1 amide bonds. The van der Waals surface area contributed by atoms with Crippen LogP contribution in [0.4, 0.5) is 5.69 Å². The van der Waals surface area contributed by atoms with Gasteiger partial charge in [0.25, 0.3) is 0 Å². The number of benzene rings is 2. The first-order valence-corrected chi connectivity index (χ1v) is 10.5. The number of thioether (sulfide) groups is 1. The summed E-state index contributed by atoms with van der Waals surface area (Å²) in [5.74, 6) is -0.0621. The molecule has 140 valence electrons. The molecule has 0 aliphatic heterocycles. The first-order chi connectivity index (χ1) is 13.0. The van der Waals surface area contributed by atoms with E-state index in [1.807, 2.05) is 30.3 Å². The Balaban J connectivity index is 1.58. The molecule has 0 aliphatic rings. The number of thiazole rings is 1. The molecule has 0 spiro atoms. The average Bonchev–Trinajstić information content (AvgIpc) is 3.05. The molecule has 27 heavy (non-hydrogen) atoms. The van der Waals surface area contributed by atoms with E-state index in [9.17, 15) is 9.59 Å². The summed E-state index contributed by atoms with van der Waals surface area (Å²) in [5.41, 5.74) is 3.95. The molecule has 2 aromatic carbocycles. The molecular formula is C20H20N2O3S2. The zero-order valence-electron chi connectivity index (χ0n) is 15.2. The van der Waals surface area contributed by atoms with Crippen molar-refractivity contribution in [3.8, 4) is 10.6 Å². The molecule has 1 N–H and O–H groups in total. The lowest BCUT2D eigenvalue weighted by Crippen LogP contribution is -2.16. The van der Waals surface area contributed by atoms with Gasteiger partial charge in [-0.15, -0.1) is 23.1 Å². The van der Waals surface area contributed by atoms with Gasteiger partial charge in [-0.2, -0.15) is 0 Å². The molecule has 0 aliphatic carbocycles. The number of aryl methyl sites for hydroxylation is 1. The van der Waals surface area contributed by atoms with Crippen molar-refractivity contribution in [3.63, 3.8) is 0 Å². The lowest BCUT2D eigenvalue weighted by atomic mass is 10.2. The highest BCUT2D eigenvalue weighted by atomic mass is 32.2. The lowest BCUT2D eigenvalue weighted by molar-refractivity contribution is -0.139. The van der Waals surface area contributed by atoms with Gasteiger partial charge in [0.1, 0.15) is 5.01 Å². The molecule has 0 bridgehead atoms. The molecule has 1 aromatic heterocycles. The van der Waals surface area contributed by atoms with Crippen LogP contribution in [0.25, 0.3) is 20.8 Å². The minimum absolute atomic E-state index is 0.146. The van der Waals surface area contributed by atoms with Gasteiger partial charge in [0, 0.05) is 11.3 Å². The standard InChI is InChI=1S/C20H20N2O3S2/c1-3-25-19(24)12-26-11-18(23)21-15-7-5-14(6-8-15)20-22-16-9-4-13(2)10-17(16)27-20/h4-10H,3,11-12H2,1-2H3,(H,21,23). The Bertz CT molecular complexity index is 952. The fourth-order valence-electron chi connectivity index (χ4n) is 2.48. The SMILES string of the molecule is CCOC(=O)CSCC(=O)Nc1ccc(-c2nc3ccc(C)cc3s2)cc1. The third-order valence-corrected chi connectivity index (χ3v) is 5.69. The summed E-state index contributed by atoms with van der Waals surface area (Å²) in [6, 6.07) is 13.9. The number of amides is 1. The number of aromatic nitrogens is 1. The monoisotopic (exact) mass is 400 g/mol. The fourth-order valence-corrected chi connectivity index (χ4v) is 4.16. The van der Waals surface area contributed by atoms with Crippen LogP contribution in [0.5, 0.6) is 0 Å². The molecule has 0 atom stereocenters. The minimum Gasteiger partial charge on any atom is -0.465 e. The molecule has 0 unspecified atom stereocenters. The van der Waals surface area contributed by atoms with E-state index in [0.717, 1.165) is 21.8 Å². The van der Waals surface area contributed by atoms with E-state index in [-0.39, 0.29) is 23.4 Å². The van der Waals surface area contributed by atoms with Crippen molar-refractivity contribution in [2.75, 3.05) is 23.4 Å². The van der Waals surface area contributed by atoms with E-state index in [2.05, 4.69) is 29.4 Å². The van der Waals surface area contributed by atoms with Crippen LogP contribution < -0.4 is 5.32 Å². The summed E-state index contributed by atoms with van der Waals surface area (Å²) in [7, 11) is 0. The summed E-state index contributed by atoms with van der Waals surface area (Å²) in [5, 5.41) is 3.79. The smallest absolute Gasteiger partial charge is 0.315 e. The zero-order chi connectivity index (χ0) is 19.2. The Labute approximate surface area is 166 Å². The second-order valence-electron chi connectivity index (χ2n) is 5.91.